The van der Waals surface area contributed by atoms with Crippen LogP contribution in [0.25, 0.3) is 11.4 Å². The van der Waals surface area contributed by atoms with Gasteiger partial charge >= 0.3 is 0 Å². The first kappa shape index (κ1) is 20.6. The molecule has 1 aliphatic heterocycles. The number of aromatic amines is 1. The van der Waals surface area contributed by atoms with Crippen molar-refractivity contribution in [3.05, 3.63) is 59.4 Å². The van der Waals surface area contributed by atoms with E-state index in [9.17, 15) is 14.0 Å². The molecule has 0 radical (unpaired) electrons. The van der Waals surface area contributed by atoms with Gasteiger partial charge in [0.25, 0.3) is 5.91 Å². The minimum Gasteiger partial charge on any atom is -0.490 e. The van der Waals surface area contributed by atoms with Gasteiger partial charge in [0.2, 0.25) is 5.82 Å². The Kier molecular flexibility index (Phi) is 5.99. The summed E-state index contributed by atoms with van der Waals surface area (Å²) < 4.78 is 24.8. The van der Waals surface area contributed by atoms with Crippen molar-refractivity contribution in [3.8, 4) is 17.1 Å². The van der Waals surface area contributed by atoms with Crippen molar-refractivity contribution >= 4 is 11.7 Å². The van der Waals surface area contributed by atoms with Gasteiger partial charge < -0.3 is 14.4 Å². The molecule has 160 valence electrons. The van der Waals surface area contributed by atoms with Crippen molar-refractivity contribution < 1.29 is 23.5 Å². The first-order chi connectivity index (χ1) is 15.0. The Bertz CT molecular complexity index is 1070. The number of carbonyl (C=O) groups is 2. The number of halogens is 1. The Hall–Kier alpha value is -3.66. The topological polar surface area (TPSA) is 110 Å². The Morgan fingerprint density at radius 1 is 1.26 bits per heavy atom. The maximum Gasteiger partial charge on any atom is 0.254 e. The zero-order chi connectivity index (χ0) is 21.8. The number of ketones is 1. The highest BCUT2D eigenvalue weighted by Crippen LogP contribution is 2.22. The van der Waals surface area contributed by atoms with E-state index in [2.05, 4.69) is 20.6 Å². The van der Waals surface area contributed by atoms with Gasteiger partial charge in [-0.05, 0) is 42.5 Å². The number of nitrogens with zero attached hydrogens (tertiary/aromatic N) is 4. The standard InChI is InChI=1S/C21H20FN5O4/c1-13(28)18-10-16(22)6-7-19(18)31-12-17-11-27(8-9-30-17)21(29)15-4-2-14(3-5-15)20-23-25-26-24-20/h2-7,10,17H,8-9,11-12H2,1H3,(H,23,24,25,26). The van der Waals surface area contributed by atoms with Crippen molar-refractivity contribution in [1.29, 1.82) is 0 Å². The van der Waals surface area contributed by atoms with Gasteiger partial charge in [0.1, 0.15) is 24.3 Å². The van der Waals surface area contributed by atoms with E-state index in [1.165, 1.54) is 19.1 Å². The lowest BCUT2D eigenvalue weighted by atomic mass is 10.1. The lowest BCUT2D eigenvalue weighted by Crippen LogP contribution is -2.47. The summed E-state index contributed by atoms with van der Waals surface area (Å²) in [6.07, 6.45) is -0.374. The number of nitrogens with one attached hydrogen (secondary N) is 1. The van der Waals surface area contributed by atoms with Gasteiger partial charge in [-0.1, -0.05) is 12.1 Å². The second kappa shape index (κ2) is 9.00. The molecule has 2 aromatic carbocycles. The van der Waals surface area contributed by atoms with E-state index in [0.717, 1.165) is 11.6 Å². The molecular formula is C21H20FN5O4. The predicted octanol–water partition coefficient (Wildman–Crippen LogP) is 2.13. The second-order valence-electron chi connectivity index (χ2n) is 7.06. The predicted molar refractivity (Wildman–Crippen MR) is 107 cm³/mol. The molecule has 0 bridgehead atoms. The Morgan fingerprint density at radius 3 is 2.77 bits per heavy atom. The summed E-state index contributed by atoms with van der Waals surface area (Å²) in [7, 11) is 0. The zero-order valence-electron chi connectivity index (χ0n) is 16.7. The Balaban J connectivity index is 1.38. The van der Waals surface area contributed by atoms with Crippen LogP contribution in [0.15, 0.2) is 42.5 Å². The van der Waals surface area contributed by atoms with Gasteiger partial charge in [-0.15, -0.1) is 10.2 Å². The summed E-state index contributed by atoms with van der Waals surface area (Å²) in [6, 6.07) is 10.8. The molecule has 1 atom stereocenters. The third-order valence-corrected chi connectivity index (χ3v) is 4.91. The molecule has 1 amide bonds. The van der Waals surface area contributed by atoms with E-state index >= 15 is 0 Å². The van der Waals surface area contributed by atoms with Crippen molar-refractivity contribution in [3.63, 3.8) is 0 Å². The third-order valence-electron chi connectivity index (χ3n) is 4.91. The monoisotopic (exact) mass is 425 g/mol. The number of H-pyrrole nitrogens is 1. The highest BCUT2D eigenvalue weighted by molar-refractivity contribution is 5.96. The SMILES string of the molecule is CC(=O)c1cc(F)ccc1OCC1CN(C(=O)c2ccc(-c3nn[nH]n3)cc2)CCO1. The summed E-state index contributed by atoms with van der Waals surface area (Å²) in [5, 5.41) is 13.7. The fourth-order valence-electron chi connectivity index (χ4n) is 3.32. The molecule has 10 heteroatoms. The number of rotatable bonds is 6. The summed E-state index contributed by atoms with van der Waals surface area (Å²) in [4.78, 5) is 26.3. The first-order valence-corrected chi connectivity index (χ1v) is 9.69. The number of amides is 1. The van der Waals surface area contributed by atoms with Gasteiger partial charge in [0.15, 0.2) is 5.78 Å². The van der Waals surface area contributed by atoms with Crippen molar-refractivity contribution in [1.82, 2.24) is 25.5 Å². The van der Waals surface area contributed by atoms with Crippen LogP contribution in [0.5, 0.6) is 5.75 Å². The van der Waals surface area contributed by atoms with Gasteiger partial charge in [-0.3, -0.25) is 9.59 Å². The molecule has 0 saturated carbocycles. The van der Waals surface area contributed by atoms with Gasteiger partial charge in [0, 0.05) is 17.7 Å². The van der Waals surface area contributed by atoms with Crippen molar-refractivity contribution in [2.75, 3.05) is 26.3 Å². The van der Waals surface area contributed by atoms with Crippen LogP contribution in [0.3, 0.4) is 0 Å². The number of hydrogen-bond donors (Lipinski definition) is 1. The van der Waals surface area contributed by atoms with Crippen LogP contribution in [0.2, 0.25) is 0 Å². The number of aromatic nitrogens is 4. The van der Waals surface area contributed by atoms with Crippen LogP contribution in [-0.4, -0.2) is 69.6 Å². The molecule has 9 nitrogen and oxygen atoms in total. The minimum absolute atomic E-state index is 0.126. The largest absolute Gasteiger partial charge is 0.490 e. The van der Waals surface area contributed by atoms with E-state index < -0.39 is 5.82 Å². The van der Waals surface area contributed by atoms with Crippen LogP contribution < -0.4 is 4.74 Å². The number of carbonyl (C=O) groups excluding carboxylic acids is 2. The molecule has 3 aromatic rings. The number of Topliss-reactive ketones (excluding diaryl/α,β-unsaturated/α-hetero) is 1. The highest BCUT2D eigenvalue weighted by atomic mass is 19.1. The molecular weight excluding hydrogens is 405 g/mol. The molecule has 1 aliphatic rings. The minimum atomic E-state index is -0.506. The Labute approximate surface area is 177 Å². The molecule has 1 aromatic heterocycles. The van der Waals surface area contributed by atoms with Crippen LogP contribution in [0.1, 0.15) is 27.6 Å². The van der Waals surface area contributed by atoms with Gasteiger partial charge in [-0.2, -0.15) is 5.21 Å². The molecule has 2 heterocycles. The fourth-order valence-corrected chi connectivity index (χ4v) is 3.32. The van der Waals surface area contributed by atoms with Crippen molar-refractivity contribution in [2.45, 2.75) is 13.0 Å². The smallest absolute Gasteiger partial charge is 0.254 e. The molecule has 1 unspecified atom stereocenters. The van der Waals surface area contributed by atoms with Crippen LogP contribution in [-0.2, 0) is 4.74 Å². The van der Waals surface area contributed by atoms with Gasteiger partial charge in [0.05, 0.1) is 18.7 Å². The average molecular weight is 425 g/mol. The normalized spacial score (nSPS) is 16.2. The lowest BCUT2D eigenvalue weighted by Gasteiger charge is -2.33. The number of benzene rings is 2. The number of morpholine rings is 1. The molecule has 1 saturated heterocycles. The quantitative estimate of drug-likeness (QED) is 0.603. The summed E-state index contributed by atoms with van der Waals surface area (Å²) in [5.41, 5.74) is 1.45. The average Bonchev–Trinajstić information content (AvgIpc) is 3.33. The molecule has 4 rings (SSSR count). The maximum atomic E-state index is 13.4. The van der Waals surface area contributed by atoms with Crippen LogP contribution in [0, 0.1) is 5.82 Å². The Morgan fingerprint density at radius 2 is 2.06 bits per heavy atom. The summed E-state index contributed by atoms with van der Waals surface area (Å²) >= 11 is 0. The van der Waals surface area contributed by atoms with E-state index in [4.69, 9.17) is 9.47 Å². The van der Waals surface area contributed by atoms with E-state index in [-0.39, 0.29) is 35.7 Å². The lowest BCUT2D eigenvalue weighted by molar-refractivity contribution is -0.0401. The molecule has 1 N–H and O–H groups in total. The first-order valence-electron chi connectivity index (χ1n) is 9.69. The van der Waals surface area contributed by atoms with Crippen LogP contribution >= 0.6 is 0 Å². The molecule has 1 fully saturated rings. The number of tetrazole rings is 1. The molecule has 0 aliphatic carbocycles. The van der Waals surface area contributed by atoms with Crippen LogP contribution in [0.4, 0.5) is 4.39 Å². The maximum absolute atomic E-state index is 13.4. The third kappa shape index (κ3) is 4.75. The van der Waals surface area contributed by atoms with E-state index in [0.29, 0.717) is 31.1 Å². The zero-order valence-corrected chi connectivity index (χ0v) is 16.7. The van der Waals surface area contributed by atoms with E-state index in [1.54, 1.807) is 29.2 Å². The van der Waals surface area contributed by atoms with Crippen molar-refractivity contribution in [2.24, 2.45) is 0 Å². The fraction of sp³-hybridized carbons (Fsp3) is 0.286. The second-order valence-corrected chi connectivity index (χ2v) is 7.06. The number of ether oxygens (including phenoxy) is 2. The highest BCUT2D eigenvalue weighted by Gasteiger charge is 2.26. The summed E-state index contributed by atoms with van der Waals surface area (Å²) in [6.45, 7) is 2.64. The van der Waals surface area contributed by atoms with Gasteiger partial charge in [-0.25, -0.2) is 4.39 Å². The summed E-state index contributed by atoms with van der Waals surface area (Å²) in [5.74, 6) is -0.181. The van der Waals surface area contributed by atoms with E-state index in [1.807, 2.05) is 0 Å². The number of hydrogen-bond acceptors (Lipinski definition) is 7. The molecule has 0 spiro atoms. The molecule has 31 heavy (non-hydrogen) atoms.